The van der Waals surface area contributed by atoms with Gasteiger partial charge in [0.25, 0.3) is 5.56 Å². The summed E-state index contributed by atoms with van der Waals surface area (Å²) in [6.45, 7) is 4.87. The number of nitrogens with zero attached hydrogens (tertiary/aromatic N) is 3. The van der Waals surface area contributed by atoms with Crippen molar-refractivity contribution in [2.45, 2.75) is 39.3 Å². The van der Waals surface area contributed by atoms with Crippen molar-refractivity contribution in [1.82, 2.24) is 19.5 Å². The van der Waals surface area contributed by atoms with E-state index in [-0.39, 0.29) is 24.4 Å². The zero-order valence-corrected chi connectivity index (χ0v) is 20.4. The van der Waals surface area contributed by atoms with Crippen LogP contribution in [0.5, 0.6) is 11.5 Å². The number of hydrogen-bond donors (Lipinski definition) is 1. The average Bonchev–Trinajstić information content (AvgIpc) is 3.32. The Labute approximate surface area is 204 Å². The van der Waals surface area contributed by atoms with Gasteiger partial charge in [-0.2, -0.15) is 5.10 Å². The zero-order chi connectivity index (χ0) is 24.9. The van der Waals surface area contributed by atoms with Crippen molar-refractivity contribution in [2.75, 3.05) is 14.2 Å². The number of amides is 1. The number of carbonyl (C=O) groups excluding carboxylic acids is 1. The maximum Gasteiger partial charge on any atom is 0.276 e. The number of nitrogens with one attached hydrogen (secondary N) is 1. The molecule has 0 bridgehead atoms. The molecule has 4 aromatic rings. The van der Waals surface area contributed by atoms with Crippen LogP contribution in [0.15, 0.2) is 65.7 Å². The topological polar surface area (TPSA) is 86.9 Å². The minimum absolute atomic E-state index is 0.166. The number of hydrogen-bond acceptors (Lipinski definition) is 5. The summed E-state index contributed by atoms with van der Waals surface area (Å²) in [5.74, 6) is 1.64. The molecule has 182 valence electrons. The van der Waals surface area contributed by atoms with Crippen LogP contribution >= 0.6 is 0 Å². The molecule has 8 heteroatoms. The molecule has 0 aliphatic rings. The van der Waals surface area contributed by atoms with Crippen molar-refractivity contribution < 1.29 is 14.3 Å². The van der Waals surface area contributed by atoms with E-state index in [1.54, 1.807) is 49.3 Å². The zero-order valence-electron chi connectivity index (χ0n) is 20.4. The lowest BCUT2D eigenvalue weighted by Crippen LogP contribution is -2.27. The van der Waals surface area contributed by atoms with E-state index in [2.05, 4.69) is 36.4 Å². The highest BCUT2D eigenvalue weighted by Gasteiger charge is 2.12. The van der Waals surface area contributed by atoms with Crippen molar-refractivity contribution in [2.24, 2.45) is 0 Å². The monoisotopic (exact) mass is 474 g/mol. The third-order valence-electron chi connectivity index (χ3n) is 6.02. The SMILES string of the molecule is COc1ccc(OC)c(CNC(=O)CCn2ccn3nc(-c4ccc(C(C)C)cc4)cc3c2=O)c1. The normalized spacial score (nSPS) is 11.1. The highest BCUT2D eigenvalue weighted by Crippen LogP contribution is 2.24. The smallest absolute Gasteiger partial charge is 0.276 e. The Hall–Kier alpha value is -4.07. The lowest BCUT2D eigenvalue weighted by Gasteiger charge is -2.12. The molecule has 0 atom stereocenters. The Bertz CT molecular complexity index is 1390. The molecule has 2 aromatic carbocycles. The fourth-order valence-electron chi connectivity index (χ4n) is 3.91. The van der Waals surface area contributed by atoms with Gasteiger partial charge in [0.2, 0.25) is 5.91 Å². The van der Waals surface area contributed by atoms with Crippen molar-refractivity contribution in [3.8, 4) is 22.8 Å². The van der Waals surface area contributed by atoms with Gasteiger partial charge in [-0.25, -0.2) is 4.52 Å². The summed E-state index contributed by atoms with van der Waals surface area (Å²) < 4.78 is 13.7. The van der Waals surface area contributed by atoms with E-state index in [1.807, 2.05) is 18.2 Å². The molecule has 8 nitrogen and oxygen atoms in total. The Morgan fingerprint density at radius 1 is 1.03 bits per heavy atom. The molecule has 35 heavy (non-hydrogen) atoms. The second kappa shape index (κ2) is 10.5. The summed E-state index contributed by atoms with van der Waals surface area (Å²) in [7, 11) is 3.17. The highest BCUT2D eigenvalue weighted by atomic mass is 16.5. The van der Waals surface area contributed by atoms with Gasteiger partial charge in [-0.15, -0.1) is 0 Å². The lowest BCUT2D eigenvalue weighted by molar-refractivity contribution is -0.121. The summed E-state index contributed by atoms with van der Waals surface area (Å²) in [5, 5.41) is 7.43. The van der Waals surface area contributed by atoms with Crippen LogP contribution in [0.1, 0.15) is 37.3 Å². The molecule has 1 amide bonds. The summed E-state index contributed by atoms with van der Waals surface area (Å²) in [6, 6.07) is 15.4. The first kappa shape index (κ1) is 24.1. The third kappa shape index (κ3) is 5.37. The molecule has 0 spiro atoms. The number of methoxy groups -OCH3 is 2. The van der Waals surface area contributed by atoms with Crippen molar-refractivity contribution in [3.05, 3.63) is 82.4 Å². The van der Waals surface area contributed by atoms with Gasteiger partial charge in [0.15, 0.2) is 0 Å². The molecule has 2 heterocycles. The van der Waals surface area contributed by atoms with E-state index in [0.717, 1.165) is 16.8 Å². The second-order valence-corrected chi connectivity index (χ2v) is 8.64. The first-order chi connectivity index (χ1) is 16.9. The third-order valence-corrected chi connectivity index (χ3v) is 6.02. The summed E-state index contributed by atoms with van der Waals surface area (Å²) in [5.41, 5.74) is 4.04. The Kier molecular flexibility index (Phi) is 7.19. The van der Waals surface area contributed by atoms with E-state index in [4.69, 9.17) is 9.47 Å². The maximum absolute atomic E-state index is 13.0. The molecule has 0 fully saturated rings. The van der Waals surface area contributed by atoms with Crippen molar-refractivity contribution in [1.29, 1.82) is 0 Å². The van der Waals surface area contributed by atoms with E-state index < -0.39 is 0 Å². The summed E-state index contributed by atoms with van der Waals surface area (Å²) in [6.07, 6.45) is 3.56. The Morgan fingerprint density at radius 2 is 1.80 bits per heavy atom. The van der Waals surface area contributed by atoms with Crippen LogP contribution in [0.4, 0.5) is 0 Å². The predicted molar refractivity (Wildman–Crippen MR) is 135 cm³/mol. The number of aryl methyl sites for hydroxylation is 1. The standard InChI is InChI=1S/C27H30N4O4/c1-18(2)19-5-7-20(8-6-19)23-16-24-27(33)30(13-14-31(24)29-23)12-11-26(32)28-17-21-15-22(34-3)9-10-25(21)35-4/h5-10,13-16,18H,11-12,17H2,1-4H3,(H,28,32). The number of aromatic nitrogens is 3. The van der Waals surface area contributed by atoms with Crippen LogP contribution in [-0.2, 0) is 17.9 Å². The molecule has 2 aromatic heterocycles. The summed E-state index contributed by atoms with van der Waals surface area (Å²) in [4.78, 5) is 25.5. The number of carbonyl (C=O) groups is 1. The Balaban J connectivity index is 1.43. The fraction of sp³-hybridized carbons (Fsp3) is 0.296. The van der Waals surface area contributed by atoms with Crippen LogP contribution in [0.2, 0.25) is 0 Å². The number of ether oxygens (including phenoxy) is 2. The van der Waals surface area contributed by atoms with Gasteiger partial charge in [0.05, 0.1) is 19.9 Å². The molecule has 0 saturated heterocycles. The lowest BCUT2D eigenvalue weighted by atomic mass is 10.0. The average molecular weight is 475 g/mol. The van der Waals surface area contributed by atoms with Crippen molar-refractivity contribution >= 4 is 11.4 Å². The van der Waals surface area contributed by atoms with Gasteiger partial charge in [-0.3, -0.25) is 9.59 Å². The number of rotatable bonds is 9. The molecular weight excluding hydrogens is 444 g/mol. The van der Waals surface area contributed by atoms with Gasteiger partial charge in [-0.05, 0) is 35.7 Å². The quantitative estimate of drug-likeness (QED) is 0.396. The molecule has 1 N–H and O–H groups in total. The van der Waals surface area contributed by atoms with Gasteiger partial charge >= 0.3 is 0 Å². The van der Waals surface area contributed by atoms with E-state index in [9.17, 15) is 9.59 Å². The minimum Gasteiger partial charge on any atom is -0.497 e. The van der Waals surface area contributed by atoms with Gasteiger partial charge < -0.3 is 19.4 Å². The first-order valence-electron chi connectivity index (χ1n) is 11.6. The highest BCUT2D eigenvalue weighted by molar-refractivity contribution is 5.76. The maximum atomic E-state index is 13.0. The van der Waals surface area contributed by atoms with Crippen LogP contribution < -0.4 is 20.3 Å². The summed E-state index contributed by atoms with van der Waals surface area (Å²) >= 11 is 0. The largest absolute Gasteiger partial charge is 0.497 e. The predicted octanol–water partition coefficient (Wildman–Crippen LogP) is 4.01. The molecule has 0 radical (unpaired) electrons. The van der Waals surface area contributed by atoms with Crippen LogP contribution in [0.25, 0.3) is 16.8 Å². The van der Waals surface area contributed by atoms with Gasteiger partial charge in [-0.1, -0.05) is 38.1 Å². The van der Waals surface area contributed by atoms with E-state index >= 15 is 0 Å². The molecule has 4 rings (SSSR count). The number of benzene rings is 2. The van der Waals surface area contributed by atoms with Crippen LogP contribution in [0, 0.1) is 0 Å². The fourth-order valence-corrected chi connectivity index (χ4v) is 3.91. The molecule has 0 aliphatic carbocycles. The van der Waals surface area contributed by atoms with Gasteiger partial charge in [0, 0.05) is 43.0 Å². The second-order valence-electron chi connectivity index (χ2n) is 8.64. The van der Waals surface area contributed by atoms with Crippen LogP contribution in [-0.4, -0.2) is 34.3 Å². The number of fused-ring (bicyclic) bond motifs is 1. The van der Waals surface area contributed by atoms with Crippen molar-refractivity contribution in [3.63, 3.8) is 0 Å². The molecule has 0 aliphatic heterocycles. The first-order valence-corrected chi connectivity index (χ1v) is 11.6. The Morgan fingerprint density at radius 3 is 2.49 bits per heavy atom. The molecule has 0 unspecified atom stereocenters. The molecule has 0 saturated carbocycles. The van der Waals surface area contributed by atoms with E-state index in [0.29, 0.717) is 29.5 Å². The van der Waals surface area contributed by atoms with Crippen LogP contribution in [0.3, 0.4) is 0 Å². The van der Waals surface area contributed by atoms with Gasteiger partial charge in [0.1, 0.15) is 17.0 Å². The minimum atomic E-state index is -0.188. The molecular formula is C27H30N4O4. The van der Waals surface area contributed by atoms with E-state index in [1.165, 1.54) is 10.1 Å².